The molecule has 0 radical (unpaired) electrons. The minimum absolute atomic E-state index is 0.0775. The highest BCUT2D eigenvalue weighted by Gasteiger charge is 2.21. The van der Waals surface area contributed by atoms with E-state index in [2.05, 4.69) is 15.8 Å². The zero-order valence-electron chi connectivity index (χ0n) is 21.3. The zero-order valence-corrected chi connectivity index (χ0v) is 22.2. The van der Waals surface area contributed by atoms with Gasteiger partial charge in [-0.05, 0) is 66.3 Å². The molecule has 10 nitrogen and oxygen atoms in total. The number of carbonyl (C=O) groups excluding carboxylic acids is 2. The third kappa shape index (κ3) is 9.18. The van der Waals surface area contributed by atoms with Crippen LogP contribution in [0.4, 0.5) is 5.69 Å². The summed E-state index contributed by atoms with van der Waals surface area (Å²) in [5.74, 6) is 0.0208. The molecule has 2 aromatic rings. The van der Waals surface area contributed by atoms with E-state index in [0.717, 1.165) is 35.6 Å². The highest BCUT2D eigenvalue weighted by atomic mass is 32.2. The summed E-state index contributed by atoms with van der Waals surface area (Å²) in [5.41, 5.74) is 4.51. The molecular weight excluding hydrogens is 496 g/mol. The second-order valence-electron chi connectivity index (χ2n) is 9.11. The van der Waals surface area contributed by atoms with Crippen LogP contribution in [-0.4, -0.2) is 65.1 Å². The number of hydrazone groups is 1. The van der Waals surface area contributed by atoms with Crippen LogP contribution in [0.1, 0.15) is 43.7 Å². The van der Waals surface area contributed by atoms with Gasteiger partial charge in [0.2, 0.25) is 10.0 Å². The van der Waals surface area contributed by atoms with Gasteiger partial charge in [0, 0.05) is 13.2 Å². The van der Waals surface area contributed by atoms with E-state index < -0.39 is 22.5 Å². The largest absolute Gasteiger partial charge is 0.484 e. The van der Waals surface area contributed by atoms with E-state index in [0.29, 0.717) is 29.5 Å². The van der Waals surface area contributed by atoms with Gasteiger partial charge in [0.05, 0.1) is 24.3 Å². The maximum atomic E-state index is 12.4. The van der Waals surface area contributed by atoms with Crippen LogP contribution in [0.25, 0.3) is 0 Å². The Kier molecular flexibility index (Phi) is 10.0. The number of carbonyl (C=O) groups is 2. The van der Waals surface area contributed by atoms with Gasteiger partial charge in [-0.25, -0.2) is 13.8 Å². The molecule has 0 spiro atoms. The lowest BCUT2D eigenvalue weighted by atomic mass is 10.0. The number of hydrogen-bond acceptors (Lipinski definition) is 7. The van der Waals surface area contributed by atoms with Gasteiger partial charge in [0.25, 0.3) is 11.8 Å². The molecule has 1 heterocycles. The Hall–Kier alpha value is -3.44. The van der Waals surface area contributed by atoms with Crippen LogP contribution in [0, 0.1) is 0 Å². The van der Waals surface area contributed by atoms with Gasteiger partial charge >= 0.3 is 0 Å². The number of benzene rings is 2. The fourth-order valence-electron chi connectivity index (χ4n) is 3.65. The molecule has 0 saturated carbocycles. The topological polar surface area (TPSA) is 126 Å². The first kappa shape index (κ1) is 28.1. The second-order valence-corrected chi connectivity index (χ2v) is 11.0. The summed E-state index contributed by atoms with van der Waals surface area (Å²) in [4.78, 5) is 24.3. The first-order valence-electron chi connectivity index (χ1n) is 12.1. The third-order valence-corrected chi connectivity index (χ3v) is 6.88. The van der Waals surface area contributed by atoms with Crippen LogP contribution in [0.5, 0.6) is 5.75 Å². The van der Waals surface area contributed by atoms with E-state index in [1.54, 1.807) is 36.4 Å². The first-order valence-corrected chi connectivity index (χ1v) is 14.0. The molecule has 11 heteroatoms. The van der Waals surface area contributed by atoms with Crippen molar-refractivity contribution in [3.05, 3.63) is 59.7 Å². The van der Waals surface area contributed by atoms with Gasteiger partial charge in [-0.3, -0.25) is 13.9 Å². The van der Waals surface area contributed by atoms with Gasteiger partial charge in [-0.15, -0.1) is 0 Å². The van der Waals surface area contributed by atoms with Crippen molar-refractivity contribution in [3.8, 4) is 5.75 Å². The summed E-state index contributed by atoms with van der Waals surface area (Å²) >= 11 is 0. The minimum Gasteiger partial charge on any atom is -0.484 e. The summed E-state index contributed by atoms with van der Waals surface area (Å²) in [6.45, 7) is 4.80. The van der Waals surface area contributed by atoms with Crippen LogP contribution in [-0.2, 0) is 24.3 Å². The minimum atomic E-state index is -3.68. The molecule has 2 N–H and O–H groups in total. The van der Waals surface area contributed by atoms with Crippen LogP contribution in [0.15, 0.2) is 53.6 Å². The Morgan fingerprint density at radius 2 is 1.84 bits per heavy atom. The SMILES string of the molecule is CC(C)c1ccc(N(CC(=O)N/N=C\c2ccc(OCC(=O)NC[C@@H]3CCCO3)cc2)S(C)(=O)=O)cc1. The summed E-state index contributed by atoms with van der Waals surface area (Å²) in [6.07, 6.45) is 4.53. The molecule has 1 aliphatic rings. The van der Waals surface area contributed by atoms with Crippen molar-refractivity contribution in [2.24, 2.45) is 5.10 Å². The van der Waals surface area contributed by atoms with E-state index in [-0.39, 0.29) is 18.6 Å². The molecule has 37 heavy (non-hydrogen) atoms. The molecule has 0 unspecified atom stereocenters. The number of nitrogens with one attached hydrogen (secondary N) is 2. The molecule has 0 aromatic heterocycles. The molecule has 0 aliphatic carbocycles. The lowest BCUT2D eigenvalue weighted by Gasteiger charge is -2.21. The fourth-order valence-corrected chi connectivity index (χ4v) is 4.51. The van der Waals surface area contributed by atoms with Crippen LogP contribution < -0.4 is 19.8 Å². The quantitative estimate of drug-likeness (QED) is 0.321. The van der Waals surface area contributed by atoms with Gasteiger partial charge in [-0.2, -0.15) is 5.10 Å². The highest BCUT2D eigenvalue weighted by molar-refractivity contribution is 7.92. The van der Waals surface area contributed by atoms with Crippen molar-refractivity contribution in [3.63, 3.8) is 0 Å². The van der Waals surface area contributed by atoms with Crippen molar-refractivity contribution >= 4 is 33.7 Å². The normalized spacial score (nSPS) is 15.6. The van der Waals surface area contributed by atoms with E-state index in [1.165, 1.54) is 6.21 Å². The average Bonchev–Trinajstić information content (AvgIpc) is 3.39. The predicted octanol–water partition coefficient (Wildman–Crippen LogP) is 2.40. The average molecular weight is 531 g/mol. The van der Waals surface area contributed by atoms with Gasteiger partial charge in [0.15, 0.2) is 6.61 Å². The molecule has 1 atom stereocenters. The number of anilines is 1. The monoisotopic (exact) mass is 530 g/mol. The standard InChI is InChI=1S/C26H34N4O6S/c1-19(2)21-8-10-22(11-9-21)30(37(3,33)34)17-25(31)29-28-15-20-6-12-23(13-7-20)36-18-26(32)27-16-24-5-4-14-35-24/h6-13,15,19,24H,4-5,14,16-18H2,1-3H3,(H,27,32)(H,29,31)/b28-15-/t24-/m0/s1. The fraction of sp³-hybridized carbons (Fsp3) is 0.423. The summed E-state index contributed by atoms with van der Waals surface area (Å²) in [5, 5.41) is 6.70. The molecule has 1 fully saturated rings. The number of ether oxygens (including phenoxy) is 2. The number of amides is 2. The molecule has 1 aliphatic heterocycles. The number of rotatable bonds is 12. The Labute approximate surface area is 218 Å². The highest BCUT2D eigenvalue weighted by Crippen LogP contribution is 2.22. The Morgan fingerprint density at radius 1 is 1.14 bits per heavy atom. The van der Waals surface area contributed by atoms with Crippen molar-refractivity contribution in [2.45, 2.75) is 38.7 Å². The molecule has 2 amide bonds. The maximum Gasteiger partial charge on any atom is 0.260 e. The first-order chi connectivity index (χ1) is 17.6. The number of hydrogen-bond donors (Lipinski definition) is 2. The summed E-state index contributed by atoms with van der Waals surface area (Å²) < 4.78 is 36.5. The molecule has 3 rings (SSSR count). The lowest BCUT2D eigenvalue weighted by Crippen LogP contribution is -2.39. The molecular formula is C26H34N4O6S. The van der Waals surface area contributed by atoms with Crippen LogP contribution in [0.2, 0.25) is 0 Å². The Morgan fingerprint density at radius 3 is 2.43 bits per heavy atom. The number of nitrogens with zero attached hydrogens (tertiary/aromatic N) is 2. The molecule has 0 bridgehead atoms. The predicted molar refractivity (Wildman–Crippen MR) is 142 cm³/mol. The maximum absolute atomic E-state index is 12.4. The Balaban J connectivity index is 1.46. The number of sulfonamides is 1. The van der Waals surface area contributed by atoms with E-state index in [1.807, 2.05) is 26.0 Å². The smallest absolute Gasteiger partial charge is 0.260 e. The zero-order chi connectivity index (χ0) is 26.8. The second kappa shape index (κ2) is 13.2. The van der Waals surface area contributed by atoms with E-state index >= 15 is 0 Å². The van der Waals surface area contributed by atoms with Crippen molar-refractivity contribution in [1.29, 1.82) is 0 Å². The van der Waals surface area contributed by atoms with E-state index in [9.17, 15) is 18.0 Å². The van der Waals surface area contributed by atoms with Crippen molar-refractivity contribution < 1.29 is 27.5 Å². The van der Waals surface area contributed by atoms with Crippen LogP contribution in [0.3, 0.4) is 0 Å². The molecule has 200 valence electrons. The summed E-state index contributed by atoms with van der Waals surface area (Å²) in [7, 11) is -3.68. The van der Waals surface area contributed by atoms with Crippen molar-refractivity contribution in [2.75, 3.05) is 36.9 Å². The van der Waals surface area contributed by atoms with E-state index in [4.69, 9.17) is 9.47 Å². The van der Waals surface area contributed by atoms with Gasteiger partial charge < -0.3 is 14.8 Å². The van der Waals surface area contributed by atoms with Crippen LogP contribution >= 0.6 is 0 Å². The lowest BCUT2D eigenvalue weighted by molar-refractivity contribution is -0.123. The van der Waals surface area contributed by atoms with Gasteiger partial charge in [0.1, 0.15) is 12.3 Å². The van der Waals surface area contributed by atoms with Crippen molar-refractivity contribution in [1.82, 2.24) is 10.7 Å². The third-order valence-electron chi connectivity index (χ3n) is 5.74. The Bertz CT molecular complexity index is 1170. The van der Waals surface area contributed by atoms with Gasteiger partial charge in [-0.1, -0.05) is 26.0 Å². The molecule has 1 saturated heterocycles. The molecule has 2 aromatic carbocycles. The summed E-state index contributed by atoms with van der Waals surface area (Å²) in [6, 6.07) is 13.9.